The Kier molecular flexibility index (Phi) is 6.02. The van der Waals surface area contributed by atoms with E-state index in [0.717, 1.165) is 22.1 Å². The highest BCUT2D eigenvalue weighted by molar-refractivity contribution is 6.30. The first-order chi connectivity index (χ1) is 16.1. The summed E-state index contributed by atoms with van der Waals surface area (Å²) in [7, 11) is 0. The number of ketones is 1. The number of Topliss-reactive ketones (excluding diaryl/α,β-unsaturated/α-hetero) is 1. The van der Waals surface area contributed by atoms with Crippen LogP contribution in [0.3, 0.4) is 0 Å². The molecule has 0 spiro atoms. The van der Waals surface area contributed by atoms with Crippen LogP contribution in [0.15, 0.2) is 48.9 Å². The van der Waals surface area contributed by atoms with Crippen molar-refractivity contribution in [1.82, 2.24) is 24.7 Å². The van der Waals surface area contributed by atoms with Crippen molar-refractivity contribution < 1.29 is 9.53 Å². The third-order valence-corrected chi connectivity index (χ3v) is 5.94. The first-order valence-electron chi connectivity index (χ1n) is 10.9. The van der Waals surface area contributed by atoms with Crippen molar-refractivity contribution in [3.63, 3.8) is 0 Å². The Morgan fingerprint density at radius 1 is 1.21 bits per heavy atom. The van der Waals surface area contributed by atoms with Crippen molar-refractivity contribution in [1.29, 1.82) is 0 Å². The maximum absolute atomic E-state index is 13.1. The minimum Gasteiger partial charge on any atom is -0.380 e. The molecule has 0 saturated heterocycles. The number of carbonyl (C=O) groups is 1. The van der Waals surface area contributed by atoms with Crippen molar-refractivity contribution in [2.45, 2.75) is 32.4 Å². The second-order valence-electron chi connectivity index (χ2n) is 7.89. The molecular formula is C24H23ClN6O2. The molecule has 9 heteroatoms. The number of fused-ring (bicyclic) bond motifs is 2. The Bertz CT molecular complexity index is 1310. The van der Waals surface area contributed by atoms with Crippen molar-refractivity contribution in [3.05, 3.63) is 76.3 Å². The van der Waals surface area contributed by atoms with E-state index in [1.807, 2.05) is 43.5 Å². The summed E-state index contributed by atoms with van der Waals surface area (Å²) in [5.41, 5.74) is 4.11. The Labute approximate surface area is 196 Å². The van der Waals surface area contributed by atoms with Gasteiger partial charge in [-0.1, -0.05) is 17.7 Å². The van der Waals surface area contributed by atoms with Gasteiger partial charge in [0.15, 0.2) is 11.4 Å². The molecule has 0 saturated carbocycles. The molecule has 0 amide bonds. The van der Waals surface area contributed by atoms with Gasteiger partial charge in [-0.25, -0.2) is 4.98 Å². The second-order valence-corrected chi connectivity index (χ2v) is 8.32. The number of nitrogens with one attached hydrogen (secondary N) is 1. The third-order valence-electron chi connectivity index (χ3n) is 5.70. The molecular weight excluding hydrogens is 440 g/mol. The average Bonchev–Trinajstić information content (AvgIpc) is 3.37. The lowest BCUT2D eigenvalue weighted by atomic mass is 9.95. The topological polar surface area (TPSA) is 94.8 Å². The summed E-state index contributed by atoms with van der Waals surface area (Å²) >= 11 is 6.27. The molecule has 33 heavy (non-hydrogen) atoms. The number of benzene rings is 1. The molecule has 0 fully saturated rings. The quantitative estimate of drug-likeness (QED) is 0.398. The Morgan fingerprint density at radius 2 is 2.06 bits per heavy atom. The van der Waals surface area contributed by atoms with Crippen LogP contribution >= 0.6 is 11.6 Å². The van der Waals surface area contributed by atoms with Gasteiger partial charge >= 0.3 is 0 Å². The normalized spacial score (nSPS) is 15.2. The molecule has 3 aromatic heterocycles. The molecule has 0 bridgehead atoms. The van der Waals surface area contributed by atoms with E-state index in [4.69, 9.17) is 21.3 Å². The predicted molar refractivity (Wildman–Crippen MR) is 125 cm³/mol. The lowest BCUT2D eigenvalue weighted by molar-refractivity contribution is -0.118. The van der Waals surface area contributed by atoms with Crippen molar-refractivity contribution in [3.8, 4) is 0 Å². The molecule has 0 aliphatic heterocycles. The maximum atomic E-state index is 13.1. The standard InChI is InChI=1S/C24H23ClN6O2/c1-2-33-10-9-31-14-19-22(21-18-12-17(25)4-3-16(18)11-20(21)32)28-24(29-23(19)30-31)27-13-15-5-7-26-8-6-15/h3-8,12,14,21H,2,9-11,13H2,1H3,(H,27,29,30). The number of rotatable bonds is 8. The van der Waals surface area contributed by atoms with E-state index in [-0.39, 0.29) is 5.78 Å². The number of pyridine rings is 1. The van der Waals surface area contributed by atoms with E-state index in [2.05, 4.69) is 20.4 Å². The zero-order chi connectivity index (χ0) is 22.8. The van der Waals surface area contributed by atoms with Crippen LogP contribution in [0.4, 0.5) is 5.95 Å². The van der Waals surface area contributed by atoms with E-state index in [0.29, 0.717) is 55.0 Å². The number of ether oxygens (including phenoxy) is 1. The molecule has 1 unspecified atom stereocenters. The van der Waals surface area contributed by atoms with Gasteiger partial charge in [0.05, 0.1) is 30.1 Å². The summed E-state index contributed by atoms with van der Waals surface area (Å²) in [6.45, 7) is 4.26. The number of aromatic nitrogens is 5. The van der Waals surface area contributed by atoms with E-state index in [9.17, 15) is 4.79 Å². The summed E-state index contributed by atoms with van der Waals surface area (Å²) in [4.78, 5) is 26.6. The highest BCUT2D eigenvalue weighted by atomic mass is 35.5. The first kappa shape index (κ1) is 21.5. The van der Waals surface area contributed by atoms with Gasteiger partial charge in [0.25, 0.3) is 0 Å². The SMILES string of the molecule is CCOCCn1cc2c(C3C(=O)Cc4ccc(Cl)cc43)nc(NCc3ccncc3)nc2n1. The fourth-order valence-corrected chi connectivity index (χ4v) is 4.31. The van der Waals surface area contributed by atoms with Crippen LogP contribution in [-0.4, -0.2) is 43.7 Å². The van der Waals surface area contributed by atoms with Crippen LogP contribution in [0.25, 0.3) is 11.0 Å². The second kappa shape index (κ2) is 9.25. The molecule has 3 heterocycles. The number of halogens is 1. The molecule has 5 rings (SSSR count). The van der Waals surface area contributed by atoms with Gasteiger partial charge in [0.2, 0.25) is 5.95 Å². The molecule has 1 aliphatic carbocycles. The summed E-state index contributed by atoms with van der Waals surface area (Å²) in [5, 5.41) is 9.25. The Hall–Kier alpha value is -3.36. The lowest BCUT2D eigenvalue weighted by Crippen LogP contribution is -2.13. The van der Waals surface area contributed by atoms with Gasteiger partial charge in [-0.05, 0) is 47.9 Å². The minimum atomic E-state index is -0.504. The molecule has 1 aliphatic rings. The number of anilines is 1. The van der Waals surface area contributed by atoms with Crippen LogP contribution in [-0.2, 0) is 29.0 Å². The monoisotopic (exact) mass is 462 g/mol. The summed E-state index contributed by atoms with van der Waals surface area (Å²) in [6.07, 6.45) is 5.74. The fraction of sp³-hybridized carbons (Fsp3) is 0.292. The van der Waals surface area contributed by atoms with E-state index in [1.165, 1.54) is 0 Å². The van der Waals surface area contributed by atoms with E-state index >= 15 is 0 Å². The predicted octanol–water partition coefficient (Wildman–Crippen LogP) is 3.78. The first-order valence-corrected chi connectivity index (χ1v) is 11.3. The van der Waals surface area contributed by atoms with Gasteiger partial charge in [-0.3, -0.25) is 14.5 Å². The number of hydrogen-bond acceptors (Lipinski definition) is 7. The third kappa shape index (κ3) is 4.44. The van der Waals surface area contributed by atoms with Gasteiger partial charge in [0, 0.05) is 43.2 Å². The van der Waals surface area contributed by atoms with E-state index < -0.39 is 5.92 Å². The van der Waals surface area contributed by atoms with E-state index in [1.54, 1.807) is 17.1 Å². The van der Waals surface area contributed by atoms with Crippen LogP contribution in [0.5, 0.6) is 0 Å². The maximum Gasteiger partial charge on any atom is 0.225 e. The molecule has 8 nitrogen and oxygen atoms in total. The van der Waals surface area contributed by atoms with Crippen LogP contribution in [0, 0.1) is 0 Å². The van der Waals surface area contributed by atoms with Crippen LogP contribution in [0.2, 0.25) is 5.02 Å². The van der Waals surface area contributed by atoms with Crippen molar-refractivity contribution in [2.75, 3.05) is 18.5 Å². The Morgan fingerprint density at radius 3 is 2.88 bits per heavy atom. The summed E-state index contributed by atoms with van der Waals surface area (Å²) in [6, 6.07) is 9.45. The van der Waals surface area contributed by atoms with Gasteiger partial charge in [-0.2, -0.15) is 10.1 Å². The van der Waals surface area contributed by atoms with Gasteiger partial charge in [-0.15, -0.1) is 0 Å². The van der Waals surface area contributed by atoms with Crippen molar-refractivity contribution in [2.24, 2.45) is 0 Å². The number of nitrogens with zero attached hydrogens (tertiary/aromatic N) is 5. The zero-order valence-electron chi connectivity index (χ0n) is 18.2. The zero-order valence-corrected chi connectivity index (χ0v) is 18.9. The molecule has 0 radical (unpaired) electrons. The summed E-state index contributed by atoms with van der Waals surface area (Å²) in [5.74, 6) is 0.0114. The van der Waals surface area contributed by atoms with Crippen LogP contribution < -0.4 is 5.32 Å². The van der Waals surface area contributed by atoms with Crippen molar-refractivity contribution >= 4 is 34.4 Å². The molecule has 1 aromatic carbocycles. The molecule has 1 N–H and O–H groups in total. The lowest BCUT2D eigenvalue weighted by Gasteiger charge is -2.13. The van der Waals surface area contributed by atoms with Gasteiger partial charge in [0.1, 0.15) is 0 Å². The Balaban J connectivity index is 1.56. The smallest absolute Gasteiger partial charge is 0.225 e. The molecule has 4 aromatic rings. The highest BCUT2D eigenvalue weighted by Gasteiger charge is 2.35. The highest BCUT2D eigenvalue weighted by Crippen LogP contribution is 2.39. The fourth-order valence-electron chi connectivity index (χ4n) is 4.13. The summed E-state index contributed by atoms with van der Waals surface area (Å²) < 4.78 is 7.26. The largest absolute Gasteiger partial charge is 0.380 e. The number of carbonyl (C=O) groups excluding carboxylic acids is 1. The number of hydrogen-bond donors (Lipinski definition) is 1. The minimum absolute atomic E-state index is 0.0921. The van der Waals surface area contributed by atoms with Gasteiger partial charge < -0.3 is 10.1 Å². The van der Waals surface area contributed by atoms with Crippen LogP contribution in [0.1, 0.15) is 35.2 Å². The molecule has 1 atom stereocenters. The average molecular weight is 463 g/mol. The molecule has 168 valence electrons.